The van der Waals surface area contributed by atoms with Crippen molar-refractivity contribution >= 4 is 34.9 Å². The number of hydrogen-bond acceptors (Lipinski definition) is 2. The molecule has 0 radical (unpaired) electrons. The Morgan fingerprint density at radius 1 is 1.32 bits per heavy atom. The third-order valence-electron chi connectivity index (χ3n) is 2.61. The Morgan fingerprint density at radius 3 is 2.42 bits per heavy atom. The summed E-state index contributed by atoms with van der Waals surface area (Å²) in [7, 11) is 1.53. The maximum Gasteiger partial charge on any atom is 0.259 e. The van der Waals surface area contributed by atoms with Crippen LogP contribution in [0.25, 0.3) is 0 Å². The fraction of sp³-hybridized carbons (Fsp3) is 0.167. The number of benzene rings is 1. The molecule has 1 aromatic rings. The van der Waals surface area contributed by atoms with Gasteiger partial charge in [-0.25, -0.2) is 4.39 Å². The van der Waals surface area contributed by atoms with Gasteiger partial charge >= 0.3 is 0 Å². The largest absolute Gasteiger partial charge is 0.339 e. The molecule has 7 heteroatoms. The first-order valence-corrected chi connectivity index (χ1v) is 6.08. The molecule has 1 aromatic carbocycles. The number of halogens is 3. The number of nitrogens with one attached hydrogen (secondary N) is 1. The fourth-order valence-electron chi connectivity index (χ4n) is 1.69. The third kappa shape index (κ3) is 2.88. The van der Waals surface area contributed by atoms with Crippen molar-refractivity contribution in [3.63, 3.8) is 0 Å². The molecule has 1 amide bonds. The van der Waals surface area contributed by atoms with Gasteiger partial charge in [0.25, 0.3) is 5.91 Å². The molecule has 1 aliphatic heterocycles. The minimum Gasteiger partial charge on any atom is -0.339 e. The molecule has 1 aliphatic rings. The number of nitrogens with zero attached hydrogens (tertiary/aromatic N) is 2. The second-order valence-corrected chi connectivity index (χ2v) is 4.97. The van der Waals surface area contributed by atoms with Crippen molar-refractivity contribution in [1.82, 2.24) is 9.80 Å². The topological polar surface area (TPSA) is 47.4 Å². The van der Waals surface area contributed by atoms with Crippen molar-refractivity contribution in [2.75, 3.05) is 13.7 Å². The molecular formula is C12H10Cl2FN3O. The minimum absolute atomic E-state index is 0.0925. The zero-order chi connectivity index (χ0) is 14.2. The average Bonchev–Trinajstić information content (AvgIpc) is 2.33. The lowest BCUT2D eigenvalue weighted by Gasteiger charge is -2.30. The van der Waals surface area contributed by atoms with Crippen LogP contribution in [0.3, 0.4) is 0 Å². The van der Waals surface area contributed by atoms with Gasteiger partial charge in [-0.05, 0) is 18.2 Å². The van der Waals surface area contributed by atoms with Crippen molar-refractivity contribution in [2.24, 2.45) is 0 Å². The van der Waals surface area contributed by atoms with E-state index in [1.54, 1.807) is 0 Å². The number of carbonyl (C=O) groups excluding carboxylic acids is 1. The second-order valence-electron chi connectivity index (χ2n) is 4.10. The first kappa shape index (κ1) is 13.8. The number of carbonyl (C=O) groups is 1. The Hall–Kier alpha value is -1.59. The van der Waals surface area contributed by atoms with Gasteiger partial charge in [-0.1, -0.05) is 23.2 Å². The molecule has 4 nitrogen and oxygen atoms in total. The number of amidine groups is 1. The van der Waals surface area contributed by atoms with Crippen molar-refractivity contribution in [1.29, 1.82) is 5.41 Å². The quantitative estimate of drug-likeness (QED) is 0.866. The summed E-state index contributed by atoms with van der Waals surface area (Å²) in [6, 6.07) is 4.43. The zero-order valence-electron chi connectivity index (χ0n) is 9.95. The van der Waals surface area contributed by atoms with Crippen LogP contribution in [0, 0.1) is 5.41 Å². The molecule has 0 fully saturated rings. The van der Waals surface area contributed by atoms with Gasteiger partial charge < -0.3 is 4.90 Å². The van der Waals surface area contributed by atoms with E-state index in [2.05, 4.69) is 0 Å². The SMILES string of the molecule is CN1CN(C(=O)c2cc(Cl)cc(Cl)c2)C=C(F)C1=N. The van der Waals surface area contributed by atoms with Gasteiger partial charge in [0.15, 0.2) is 11.7 Å². The van der Waals surface area contributed by atoms with E-state index in [-0.39, 0.29) is 18.1 Å². The Bertz CT molecular complexity index is 568. The van der Waals surface area contributed by atoms with Crippen LogP contribution in [-0.4, -0.2) is 35.3 Å². The van der Waals surface area contributed by atoms with Crippen molar-refractivity contribution in [3.05, 3.63) is 45.8 Å². The van der Waals surface area contributed by atoms with E-state index in [9.17, 15) is 9.18 Å². The molecule has 19 heavy (non-hydrogen) atoms. The van der Waals surface area contributed by atoms with Crippen LogP contribution in [0.5, 0.6) is 0 Å². The summed E-state index contributed by atoms with van der Waals surface area (Å²) < 4.78 is 13.5. The van der Waals surface area contributed by atoms with E-state index in [1.165, 1.54) is 30.1 Å². The number of likely N-dealkylation sites (N-methyl/N-ethyl adjacent to an activating group) is 1. The molecular weight excluding hydrogens is 292 g/mol. The first-order chi connectivity index (χ1) is 8.88. The second kappa shape index (κ2) is 5.19. The summed E-state index contributed by atoms with van der Waals surface area (Å²) >= 11 is 11.6. The minimum atomic E-state index is -0.768. The van der Waals surface area contributed by atoms with Gasteiger partial charge in [0.2, 0.25) is 0 Å². The lowest BCUT2D eigenvalue weighted by molar-refractivity contribution is 0.0771. The molecule has 1 heterocycles. The van der Waals surface area contributed by atoms with Crippen LogP contribution in [0.4, 0.5) is 4.39 Å². The normalized spacial score (nSPS) is 15.6. The highest BCUT2D eigenvalue weighted by Crippen LogP contribution is 2.22. The first-order valence-electron chi connectivity index (χ1n) is 5.33. The van der Waals surface area contributed by atoms with Gasteiger partial charge in [-0.3, -0.25) is 15.1 Å². The Labute approximate surface area is 119 Å². The molecule has 1 N–H and O–H groups in total. The van der Waals surface area contributed by atoms with Crippen molar-refractivity contribution in [2.45, 2.75) is 0 Å². The molecule has 0 saturated heterocycles. The number of rotatable bonds is 1. The predicted molar refractivity (Wildman–Crippen MR) is 72.2 cm³/mol. The fourth-order valence-corrected chi connectivity index (χ4v) is 2.21. The summed E-state index contributed by atoms with van der Waals surface area (Å²) in [5.74, 6) is -1.46. The van der Waals surface area contributed by atoms with Gasteiger partial charge in [0.05, 0.1) is 6.67 Å². The maximum absolute atomic E-state index is 13.5. The monoisotopic (exact) mass is 301 g/mol. The van der Waals surface area contributed by atoms with E-state index in [0.717, 1.165) is 11.1 Å². The number of hydrogen-bond donors (Lipinski definition) is 1. The zero-order valence-corrected chi connectivity index (χ0v) is 11.5. The summed E-state index contributed by atoms with van der Waals surface area (Å²) in [5.41, 5.74) is 0.267. The van der Waals surface area contributed by atoms with E-state index >= 15 is 0 Å². The average molecular weight is 302 g/mol. The predicted octanol–water partition coefficient (Wildman–Crippen LogP) is 3.13. The van der Waals surface area contributed by atoms with Gasteiger partial charge in [0, 0.05) is 28.9 Å². The van der Waals surface area contributed by atoms with Gasteiger partial charge in [-0.2, -0.15) is 0 Å². The third-order valence-corrected chi connectivity index (χ3v) is 3.05. The Morgan fingerprint density at radius 2 is 1.89 bits per heavy atom. The number of amides is 1. The molecule has 100 valence electrons. The summed E-state index contributed by atoms with van der Waals surface area (Å²) in [4.78, 5) is 14.7. The van der Waals surface area contributed by atoms with Crippen LogP contribution in [0.2, 0.25) is 10.0 Å². The van der Waals surface area contributed by atoms with Crippen LogP contribution in [0.15, 0.2) is 30.2 Å². The Kier molecular flexibility index (Phi) is 3.78. The van der Waals surface area contributed by atoms with Crippen molar-refractivity contribution < 1.29 is 9.18 Å². The molecule has 0 atom stereocenters. The highest BCUT2D eigenvalue weighted by Gasteiger charge is 2.25. The molecule has 0 saturated carbocycles. The smallest absolute Gasteiger partial charge is 0.259 e. The van der Waals surface area contributed by atoms with E-state index < -0.39 is 11.7 Å². The molecule has 0 aromatic heterocycles. The molecule has 0 bridgehead atoms. The van der Waals surface area contributed by atoms with E-state index in [1.807, 2.05) is 0 Å². The lowest BCUT2D eigenvalue weighted by atomic mass is 10.2. The maximum atomic E-state index is 13.5. The summed E-state index contributed by atoms with van der Waals surface area (Å²) in [5, 5.41) is 8.07. The van der Waals surface area contributed by atoms with Crippen molar-refractivity contribution in [3.8, 4) is 0 Å². The molecule has 0 unspecified atom stereocenters. The standard InChI is InChI=1S/C12H10Cl2FN3O/c1-17-6-18(5-10(15)11(17)16)12(19)7-2-8(13)4-9(14)3-7/h2-5,16H,6H2,1H3. The van der Waals surface area contributed by atoms with Gasteiger partial charge in [-0.15, -0.1) is 0 Å². The highest BCUT2D eigenvalue weighted by atomic mass is 35.5. The van der Waals surface area contributed by atoms with Crippen LogP contribution in [-0.2, 0) is 0 Å². The highest BCUT2D eigenvalue weighted by molar-refractivity contribution is 6.35. The van der Waals surface area contributed by atoms with E-state index in [4.69, 9.17) is 28.6 Å². The molecule has 0 spiro atoms. The molecule has 2 rings (SSSR count). The van der Waals surface area contributed by atoms with Crippen LogP contribution >= 0.6 is 23.2 Å². The van der Waals surface area contributed by atoms with Crippen LogP contribution in [0.1, 0.15) is 10.4 Å². The van der Waals surface area contributed by atoms with Gasteiger partial charge in [0.1, 0.15) is 0 Å². The summed E-state index contributed by atoms with van der Waals surface area (Å²) in [6.45, 7) is 0.0925. The summed E-state index contributed by atoms with van der Waals surface area (Å²) in [6.07, 6.45) is 0.999. The Balaban J connectivity index is 2.32. The van der Waals surface area contributed by atoms with E-state index in [0.29, 0.717) is 10.0 Å². The lowest BCUT2D eigenvalue weighted by Crippen LogP contribution is -2.43. The molecule has 0 aliphatic carbocycles. The van der Waals surface area contributed by atoms with Crippen LogP contribution < -0.4 is 0 Å².